The van der Waals surface area contributed by atoms with Crippen LogP contribution in [0.15, 0.2) is 53.4 Å². The molecule has 7 heteroatoms. The van der Waals surface area contributed by atoms with E-state index < -0.39 is 11.7 Å². The molecule has 0 aliphatic heterocycles. The minimum absolute atomic E-state index is 0.124. The third-order valence-corrected chi connectivity index (χ3v) is 3.65. The van der Waals surface area contributed by atoms with Crippen LogP contribution in [0, 0.1) is 5.82 Å². The maximum absolute atomic E-state index is 14.2. The van der Waals surface area contributed by atoms with Crippen molar-refractivity contribution >= 4 is 17.5 Å². The summed E-state index contributed by atoms with van der Waals surface area (Å²) in [7, 11) is 0. The average Bonchev–Trinajstić information content (AvgIpc) is 3.10. The molecule has 0 saturated heterocycles. The molecule has 1 heterocycles. The van der Waals surface area contributed by atoms with Crippen molar-refractivity contribution in [2.75, 3.05) is 0 Å². The number of aromatic nitrogens is 1. The van der Waals surface area contributed by atoms with E-state index in [2.05, 4.69) is 10.3 Å². The van der Waals surface area contributed by atoms with Gasteiger partial charge in [-0.25, -0.2) is 9.37 Å². The number of phenolic OH excluding ortho intramolecular Hbond substituents is 1. The van der Waals surface area contributed by atoms with Gasteiger partial charge in [-0.3, -0.25) is 4.79 Å². The summed E-state index contributed by atoms with van der Waals surface area (Å²) in [5.74, 6) is -1.47. The number of carbonyl (C=O) groups is 1. The molecule has 0 bridgehead atoms. The minimum atomic E-state index is -0.771. The van der Waals surface area contributed by atoms with Crippen LogP contribution in [0.2, 0.25) is 5.02 Å². The zero-order chi connectivity index (χ0) is 17.1. The summed E-state index contributed by atoms with van der Waals surface area (Å²) >= 11 is 5.79. The van der Waals surface area contributed by atoms with E-state index in [1.54, 1.807) is 24.3 Å². The van der Waals surface area contributed by atoms with Crippen LogP contribution in [0.5, 0.6) is 5.75 Å². The van der Waals surface area contributed by atoms with Crippen LogP contribution in [0.25, 0.3) is 11.3 Å². The maximum atomic E-state index is 14.2. The molecule has 3 aromatic rings. The largest absolute Gasteiger partial charge is 0.507 e. The standard InChI is InChI=1S/C17H12ClFN2O3/c18-11-3-1-10(2-4-11)7-21-17(23)12-6-15(22)13(5-14(12)19)16-8-20-9-24-16/h1-6,8-9,22H,7H2,(H,21,23). The first kappa shape index (κ1) is 16.0. The topological polar surface area (TPSA) is 75.4 Å². The third-order valence-electron chi connectivity index (χ3n) is 3.39. The Morgan fingerprint density at radius 3 is 2.71 bits per heavy atom. The number of oxazole rings is 1. The lowest BCUT2D eigenvalue weighted by Gasteiger charge is -2.09. The third kappa shape index (κ3) is 3.38. The summed E-state index contributed by atoms with van der Waals surface area (Å²) in [6.07, 6.45) is 2.51. The highest BCUT2D eigenvalue weighted by molar-refractivity contribution is 6.30. The normalized spacial score (nSPS) is 10.6. The number of carbonyl (C=O) groups excluding carboxylic acids is 1. The Balaban J connectivity index is 1.77. The molecule has 0 aliphatic carbocycles. The monoisotopic (exact) mass is 346 g/mol. The molecule has 0 aliphatic rings. The molecular formula is C17H12ClFN2O3. The van der Waals surface area contributed by atoms with E-state index in [9.17, 15) is 14.3 Å². The van der Waals surface area contributed by atoms with Gasteiger partial charge >= 0.3 is 0 Å². The lowest BCUT2D eigenvalue weighted by atomic mass is 10.1. The number of hydrogen-bond acceptors (Lipinski definition) is 4. The fraction of sp³-hybridized carbons (Fsp3) is 0.0588. The van der Waals surface area contributed by atoms with Crippen LogP contribution < -0.4 is 5.32 Å². The van der Waals surface area contributed by atoms with Gasteiger partial charge in [-0.05, 0) is 29.8 Å². The Labute approximate surface area is 141 Å². The van der Waals surface area contributed by atoms with Gasteiger partial charge in [-0.2, -0.15) is 0 Å². The van der Waals surface area contributed by atoms with Gasteiger partial charge in [-0.1, -0.05) is 23.7 Å². The van der Waals surface area contributed by atoms with Crippen molar-refractivity contribution in [3.05, 3.63) is 71.0 Å². The Morgan fingerprint density at radius 1 is 1.29 bits per heavy atom. The number of benzene rings is 2. The van der Waals surface area contributed by atoms with Gasteiger partial charge < -0.3 is 14.8 Å². The molecule has 0 atom stereocenters. The Hall–Kier alpha value is -2.86. The molecule has 0 unspecified atom stereocenters. The molecule has 2 aromatic carbocycles. The van der Waals surface area contributed by atoms with Crippen molar-refractivity contribution in [1.82, 2.24) is 10.3 Å². The van der Waals surface area contributed by atoms with E-state index in [1.165, 1.54) is 12.6 Å². The first-order valence-corrected chi connectivity index (χ1v) is 7.36. The zero-order valence-corrected chi connectivity index (χ0v) is 13.0. The molecule has 1 aromatic heterocycles. The maximum Gasteiger partial charge on any atom is 0.254 e. The molecule has 3 rings (SSSR count). The fourth-order valence-electron chi connectivity index (χ4n) is 2.16. The van der Waals surface area contributed by atoms with E-state index in [1.807, 2.05) is 0 Å². The molecule has 0 radical (unpaired) electrons. The van der Waals surface area contributed by atoms with Crippen molar-refractivity contribution < 1.29 is 18.7 Å². The second-order valence-corrected chi connectivity index (χ2v) is 5.46. The van der Waals surface area contributed by atoms with Crippen LogP contribution in [0.4, 0.5) is 4.39 Å². The second kappa shape index (κ2) is 6.72. The molecule has 0 saturated carbocycles. The lowest BCUT2D eigenvalue weighted by Crippen LogP contribution is -2.23. The van der Waals surface area contributed by atoms with Gasteiger partial charge in [0.2, 0.25) is 0 Å². The highest BCUT2D eigenvalue weighted by Gasteiger charge is 2.18. The number of aromatic hydroxyl groups is 1. The Bertz CT molecular complexity index is 864. The van der Waals surface area contributed by atoms with Gasteiger partial charge in [0.05, 0.1) is 17.3 Å². The van der Waals surface area contributed by atoms with Crippen LogP contribution >= 0.6 is 11.6 Å². The van der Waals surface area contributed by atoms with Crippen LogP contribution in [0.1, 0.15) is 15.9 Å². The molecule has 122 valence electrons. The van der Waals surface area contributed by atoms with Crippen molar-refractivity contribution in [3.63, 3.8) is 0 Å². The molecule has 24 heavy (non-hydrogen) atoms. The van der Waals surface area contributed by atoms with E-state index in [0.29, 0.717) is 5.02 Å². The highest BCUT2D eigenvalue weighted by Crippen LogP contribution is 2.31. The molecular weight excluding hydrogens is 335 g/mol. The molecule has 0 fully saturated rings. The first-order valence-electron chi connectivity index (χ1n) is 6.98. The lowest BCUT2D eigenvalue weighted by molar-refractivity contribution is 0.0946. The van der Waals surface area contributed by atoms with Gasteiger partial charge in [0.25, 0.3) is 5.91 Å². The van der Waals surface area contributed by atoms with Gasteiger partial charge in [0, 0.05) is 11.6 Å². The van der Waals surface area contributed by atoms with E-state index in [0.717, 1.165) is 17.7 Å². The summed E-state index contributed by atoms with van der Waals surface area (Å²) in [5, 5.41) is 13.2. The predicted molar refractivity (Wildman–Crippen MR) is 86.2 cm³/mol. The number of rotatable bonds is 4. The number of amides is 1. The van der Waals surface area contributed by atoms with Crippen LogP contribution in [-0.2, 0) is 6.54 Å². The molecule has 0 spiro atoms. The Morgan fingerprint density at radius 2 is 2.04 bits per heavy atom. The summed E-state index contributed by atoms with van der Waals surface area (Å²) in [6.45, 7) is 0.208. The predicted octanol–water partition coefficient (Wildman–Crippen LogP) is 3.77. The fourth-order valence-corrected chi connectivity index (χ4v) is 2.29. The number of nitrogens with one attached hydrogen (secondary N) is 1. The number of nitrogens with zero attached hydrogens (tertiary/aromatic N) is 1. The van der Waals surface area contributed by atoms with Gasteiger partial charge in [-0.15, -0.1) is 0 Å². The molecule has 1 amide bonds. The van der Waals surface area contributed by atoms with Gasteiger partial charge in [0.1, 0.15) is 11.6 Å². The smallest absolute Gasteiger partial charge is 0.254 e. The average molecular weight is 347 g/mol. The summed E-state index contributed by atoms with van der Waals surface area (Å²) in [5.41, 5.74) is 0.680. The quantitative estimate of drug-likeness (QED) is 0.754. The number of halogens is 2. The van der Waals surface area contributed by atoms with Crippen molar-refractivity contribution in [2.45, 2.75) is 6.54 Å². The van der Waals surface area contributed by atoms with Gasteiger partial charge in [0.15, 0.2) is 12.2 Å². The minimum Gasteiger partial charge on any atom is -0.507 e. The van der Waals surface area contributed by atoms with E-state index in [4.69, 9.17) is 16.0 Å². The van der Waals surface area contributed by atoms with Crippen LogP contribution in [-0.4, -0.2) is 16.0 Å². The van der Waals surface area contributed by atoms with Crippen molar-refractivity contribution in [2.24, 2.45) is 0 Å². The SMILES string of the molecule is O=C(NCc1ccc(Cl)cc1)c1cc(O)c(-c2cnco2)cc1F. The van der Waals surface area contributed by atoms with E-state index >= 15 is 0 Å². The van der Waals surface area contributed by atoms with E-state index in [-0.39, 0.29) is 29.2 Å². The number of phenols is 1. The van der Waals surface area contributed by atoms with Crippen LogP contribution in [0.3, 0.4) is 0 Å². The highest BCUT2D eigenvalue weighted by atomic mass is 35.5. The summed E-state index contributed by atoms with van der Waals surface area (Å²) in [6, 6.07) is 8.99. The zero-order valence-electron chi connectivity index (χ0n) is 12.3. The molecule has 2 N–H and O–H groups in total. The van der Waals surface area contributed by atoms with Crippen molar-refractivity contribution in [3.8, 4) is 17.1 Å². The number of hydrogen-bond donors (Lipinski definition) is 2. The summed E-state index contributed by atoms with van der Waals surface area (Å²) in [4.78, 5) is 15.8. The Kier molecular flexibility index (Phi) is 4.48. The first-order chi connectivity index (χ1) is 11.5. The second-order valence-electron chi connectivity index (χ2n) is 5.02. The summed E-state index contributed by atoms with van der Waals surface area (Å²) < 4.78 is 19.2. The molecule has 5 nitrogen and oxygen atoms in total. The van der Waals surface area contributed by atoms with Crippen molar-refractivity contribution in [1.29, 1.82) is 0 Å².